The fourth-order valence-electron chi connectivity index (χ4n) is 2.30. The molecular weight excluding hydrogens is 229 g/mol. The lowest BCUT2D eigenvalue weighted by Crippen LogP contribution is -2.25. The highest BCUT2D eigenvalue weighted by atomic mass is 19.1. The number of nitrogens with zero attached hydrogens (tertiary/aromatic N) is 1. The maximum absolute atomic E-state index is 13.6. The van der Waals surface area contributed by atoms with Crippen LogP contribution < -0.4 is 4.90 Å². The molecule has 0 N–H and O–H groups in total. The van der Waals surface area contributed by atoms with E-state index in [0.717, 1.165) is 5.56 Å². The van der Waals surface area contributed by atoms with Crippen molar-refractivity contribution in [1.29, 1.82) is 0 Å². The summed E-state index contributed by atoms with van der Waals surface area (Å²) < 4.78 is 13.6. The molecule has 1 aliphatic rings. The first kappa shape index (κ1) is 11.0. The largest absolute Gasteiger partial charge is 0.307 e. The Morgan fingerprint density at radius 3 is 2.61 bits per heavy atom. The van der Waals surface area contributed by atoms with Crippen LogP contribution in [0, 0.1) is 5.82 Å². The Balaban J connectivity index is 1.95. The first-order chi connectivity index (χ1) is 8.75. The minimum atomic E-state index is -0.295. The van der Waals surface area contributed by atoms with Crippen molar-refractivity contribution in [2.75, 3.05) is 4.90 Å². The number of hydrogen-bond donors (Lipinski definition) is 0. The first-order valence-corrected chi connectivity index (χ1v) is 5.87. The molecule has 0 saturated carbocycles. The molecule has 1 aliphatic heterocycles. The van der Waals surface area contributed by atoms with E-state index in [0.29, 0.717) is 17.8 Å². The minimum Gasteiger partial charge on any atom is -0.307 e. The van der Waals surface area contributed by atoms with Crippen molar-refractivity contribution in [3.63, 3.8) is 0 Å². The van der Waals surface area contributed by atoms with Crippen LogP contribution in [-0.2, 0) is 17.8 Å². The lowest BCUT2D eigenvalue weighted by molar-refractivity contribution is -0.117. The van der Waals surface area contributed by atoms with E-state index < -0.39 is 0 Å². The number of fused-ring (bicyclic) bond motifs is 1. The van der Waals surface area contributed by atoms with E-state index in [1.54, 1.807) is 17.0 Å². The highest BCUT2D eigenvalue weighted by Gasteiger charge is 2.29. The molecule has 0 radical (unpaired) electrons. The van der Waals surface area contributed by atoms with Crippen LogP contribution in [0.4, 0.5) is 10.1 Å². The minimum absolute atomic E-state index is 0.0426. The maximum Gasteiger partial charge on any atom is 0.231 e. The highest BCUT2D eigenvalue weighted by molar-refractivity contribution is 6.01. The van der Waals surface area contributed by atoms with Crippen molar-refractivity contribution >= 4 is 11.6 Å². The lowest BCUT2D eigenvalue weighted by atomic mass is 10.1. The molecule has 2 aromatic rings. The number of amides is 1. The van der Waals surface area contributed by atoms with Gasteiger partial charge in [0, 0.05) is 5.56 Å². The van der Waals surface area contributed by atoms with Crippen LogP contribution in [0.2, 0.25) is 0 Å². The summed E-state index contributed by atoms with van der Waals surface area (Å²) in [4.78, 5) is 13.6. The third-order valence-corrected chi connectivity index (χ3v) is 3.20. The molecular formula is C15H12FNO. The molecule has 0 aromatic heterocycles. The number of anilines is 1. The van der Waals surface area contributed by atoms with Crippen molar-refractivity contribution in [3.8, 4) is 0 Å². The van der Waals surface area contributed by atoms with E-state index in [1.807, 2.05) is 30.3 Å². The molecule has 0 saturated heterocycles. The monoisotopic (exact) mass is 241 g/mol. The maximum atomic E-state index is 13.6. The third kappa shape index (κ3) is 1.78. The summed E-state index contributed by atoms with van der Waals surface area (Å²) in [5.41, 5.74) is 2.25. The van der Waals surface area contributed by atoms with Crippen LogP contribution in [0.15, 0.2) is 48.5 Å². The van der Waals surface area contributed by atoms with Gasteiger partial charge in [-0.3, -0.25) is 4.79 Å². The van der Waals surface area contributed by atoms with Gasteiger partial charge < -0.3 is 4.90 Å². The van der Waals surface area contributed by atoms with Crippen LogP contribution in [0.5, 0.6) is 0 Å². The predicted molar refractivity (Wildman–Crippen MR) is 67.7 cm³/mol. The van der Waals surface area contributed by atoms with Gasteiger partial charge in [-0.15, -0.1) is 0 Å². The summed E-state index contributed by atoms with van der Waals surface area (Å²) >= 11 is 0. The second kappa shape index (κ2) is 4.26. The molecule has 2 nitrogen and oxygen atoms in total. The van der Waals surface area contributed by atoms with E-state index in [-0.39, 0.29) is 18.1 Å². The second-order valence-corrected chi connectivity index (χ2v) is 4.38. The summed E-state index contributed by atoms with van der Waals surface area (Å²) in [5, 5.41) is 0. The molecule has 2 aromatic carbocycles. The molecule has 18 heavy (non-hydrogen) atoms. The average Bonchev–Trinajstić information content (AvgIpc) is 2.70. The Hall–Kier alpha value is -2.16. The average molecular weight is 241 g/mol. The first-order valence-electron chi connectivity index (χ1n) is 5.87. The van der Waals surface area contributed by atoms with Gasteiger partial charge in [0.2, 0.25) is 5.91 Å². The molecule has 1 heterocycles. The van der Waals surface area contributed by atoms with E-state index in [1.165, 1.54) is 6.07 Å². The Morgan fingerprint density at radius 1 is 1.06 bits per heavy atom. The summed E-state index contributed by atoms with van der Waals surface area (Å²) in [6, 6.07) is 14.6. The van der Waals surface area contributed by atoms with Crippen LogP contribution in [-0.4, -0.2) is 5.91 Å². The molecule has 0 fully saturated rings. The highest BCUT2D eigenvalue weighted by Crippen LogP contribution is 2.31. The van der Waals surface area contributed by atoms with Gasteiger partial charge in [-0.05, 0) is 17.7 Å². The van der Waals surface area contributed by atoms with E-state index >= 15 is 0 Å². The van der Waals surface area contributed by atoms with Crippen molar-refractivity contribution in [3.05, 3.63) is 65.5 Å². The number of rotatable bonds is 2. The Labute approximate surface area is 105 Å². The van der Waals surface area contributed by atoms with Crippen LogP contribution in [0.25, 0.3) is 0 Å². The van der Waals surface area contributed by atoms with Crippen LogP contribution in [0.3, 0.4) is 0 Å². The van der Waals surface area contributed by atoms with Crippen LogP contribution in [0.1, 0.15) is 11.1 Å². The summed E-state index contributed by atoms with van der Waals surface area (Å²) in [6.07, 6.45) is 0.162. The fraction of sp³-hybridized carbons (Fsp3) is 0.133. The van der Waals surface area contributed by atoms with Gasteiger partial charge in [0.05, 0.1) is 18.7 Å². The third-order valence-electron chi connectivity index (χ3n) is 3.20. The number of halogens is 1. The Morgan fingerprint density at radius 2 is 1.83 bits per heavy atom. The fourth-order valence-corrected chi connectivity index (χ4v) is 2.30. The Kier molecular flexibility index (Phi) is 2.59. The number of carbonyl (C=O) groups excluding carboxylic acids is 1. The molecule has 3 rings (SSSR count). The van der Waals surface area contributed by atoms with Gasteiger partial charge in [0.1, 0.15) is 5.82 Å². The molecule has 3 heteroatoms. The quantitative estimate of drug-likeness (QED) is 0.791. The van der Waals surface area contributed by atoms with Gasteiger partial charge in [0.25, 0.3) is 0 Å². The molecule has 0 unspecified atom stereocenters. The van der Waals surface area contributed by atoms with Crippen molar-refractivity contribution in [2.24, 2.45) is 0 Å². The smallest absolute Gasteiger partial charge is 0.231 e. The zero-order valence-corrected chi connectivity index (χ0v) is 9.77. The zero-order valence-electron chi connectivity index (χ0n) is 9.77. The second-order valence-electron chi connectivity index (χ2n) is 4.38. The Bertz CT molecular complexity index is 595. The lowest BCUT2D eigenvalue weighted by Gasteiger charge is -2.17. The van der Waals surface area contributed by atoms with Crippen molar-refractivity contribution in [2.45, 2.75) is 13.0 Å². The summed E-state index contributed by atoms with van der Waals surface area (Å²) in [6.45, 7) is 0.496. The van der Waals surface area contributed by atoms with Gasteiger partial charge in [-0.2, -0.15) is 0 Å². The topological polar surface area (TPSA) is 20.3 Å². The molecule has 0 spiro atoms. The van der Waals surface area contributed by atoms with E-state index in [4.69, 9.17) is 0 Å². The number of carbonyl (C=O) groups is 1. The standard InChI is InChI=1S/C15H12FNO/c16-13-7-4-8-14-12(13)9-15(18)17(14)10-11-5-2-1-3-6-11/h1-8H,9-10H2. The normalized spacial score (nSPS) is 13.8. The van der Waals surface area contributed by atoms with Crippen LogP contribution >= 0.6 is 0 Å². The SMILES string of the molecule is O=C1Cc2c(F)cccc2N1Cc1ccccc1. The van der Waals surface area contributed by atoms with E-state index in [2.05, 4.69) is 0 Å². The summed E-state index contributed by atoms with van der Waals surface area (Å²) in [7, 11) is 0. The predicted octanol–water partition coefficient (Wildman–Crippen LogP) is 2.92. The van der Waals surface area contributed by atoms with Gasteiger partial charge in [-0.1, -0.05) is 36.4 Å². The van der Waals surface area contributed by atoms with Gasteiger partial charge in [-0.25, -0.2) is 4.39 Å². The summed E-state index contributed by atoms with van der Waals surface area (Å²) in [5.74, 6) is -0.338. The van der Waals surface area contributed by atoms with E-state index in [9.17, 15) is 9.18 Å². The molecule has 0 atom stereocenters. The van der Waals surface area contributed by atoms with Crippen molar-refractivity contribution < 1.29 is 9.18 Å². The van der Waals surface area contributed by atoms with Gasteiger partial charge >= 0.3 is 0 Å². The molecule has 90 valence electrons. The zero-order chi connectivity index (χ0) is 12.5. The number of hydrogen-bond acceptors (Lipinski definition) is 1. The van der Waals surface area contributed by atoms with Crippen molar-refractivity contribution in [1.82, 2.24) is 0 Å². The molecule has 0 aliphatic carbocycles. The molecule has 0 bridgehead atoms. The van der Waals surface area contributed by atoms with Gasteiger partial charge in [0.15, 0.2) is 0 Å². The molecule has 1 amide bonds. The number of benzene rings is 2.